The van der Waals surface area contributed by atoms with E-state index >= 15 is 0 Å². The van der Waals surface area contributed by atoms with E-state index in [1.807, 2.05) is 70.5 Å². The van der Waals surface area contributed by atoms with Crippen molar-refractivity contribution in [3.05, 3.63) is 89.5 Å². The first-order chi connectivity index (χ1) is 28.2. The number of nitrogens with two attached hydrogens (primary N) is 1. The van der Waals surface area contributed by atoms with Crippen LogP contribution in [0.2, 0.25) is 0 Å². The van der Waals surface area contributed by atoms with Gasteiger partial charge in [-0.3, -0.25) is 34.4 Å². The summed E-state index contributed by atoms with van der Waals surface area (Å²) in [4.78, 5) is 80.1. The molecule has 3 N–H and O–H groups in total. The zero-order chi connectivity index (χ0) is 39.7. The van der Waals surface area contributed by atoms with Crippen molar-refractivity contribution in [2.24, 2.45) is 38.6 Å². The van der Waals surface area contributed by atoms with Gasteiger partial charge in [0.1, 0.15) is 35.6 Å². The number of likely N-dealkylation sites (tertiary alicyclic amines) is 2. The Morgan fingerprint density at radius 1 is 0.793 bits per heavy atom. The van der Waals surface area contributed by atoms with Crippen LogP contribution in [0.3, 0.4) is 0 Å². The topological polar surface area (TPSA) is 186 Å². The Bertz CT molecular complexity index is 2290. The molecule has 3 aromatic carbocycles. The van der Waals surface area contributed by atoms with Crippen molar-refractivity contribution >= 4 is 53.2 Å². The summed E-state index contributed by atoms with van der Waals surface area (Å²) in [7, 11) is 0. The van der Waals surface area contributed by atoms with Gasteiger partial charge < -0.3 is 25.2 Å². The molecule has 6 amide bonds. The maximum Gasteiger partial charge on any atom is 0.320 e. The lowest BCUT2D eigenvalue weighted by Crippen LogP contribution is -2.63. The van der Waals surface area contributed by atoms with Gasteiger partial charge in [0.05, 0.1) is 22.9 Å². The number of hydrogen-bond acceptors (Lipinski definition) is 12. The second-order valence-electron chi connectivity index (χ2n) is 16.0. The van der Waals surface area contributed by atoms with E-state index in [-0.39, 0.29) is 48.1 Å². The summed E-state index contributed by atoms with van der Waals surface area (Å²) >= 11 is 0. The predicted octanol–water partition coefficient (Wildman–Crippen LogP) is 2.89. The first-order valence-electron chi connectivity index (χ1n) is 19.9. The average molecular weight is 783 g/mol. The fourth-order valence-electron chi connectivity index (χ4n) is 9.25. The highest BCUT2D eigenvalue weighted by Crippen LogP contribution is 2.38. The zero-order valence-electron chi connectivity index (χ0n) is 31.6. The minimum atomic E-state index is -0.990. The van der Waals surface area contributed by atoms with Crippen LogP contribution in [0.5, 0.6) is 11.5 Å². The van der Waals surface area contributed by atoms with E-state index < -0.39 is 29.7 Å². The Morgan fingerprint density at radius 3 is 2.24 bits per heavy atom. The van der Waals surface area contributed by atoms with Gasteiger partial charge >= 0.3 is 6.03 Å². The Morgan fingerprint density at radius 2 is 1.50 bits per heavy atom. The maximum absolute atomic E-state index is 13.6. The molecular weight excluding hydrogens is 741 g/mol. The molecule has 0 saturated carbocycles. The van der Waals surface area contributed by atoms with Crippen LogP contribution < -0.4 is 20.7 Å². The number of benzene rings is 3. The van der Waals surface area contributed by atoms with E-state index in [9.17, 15) is 24.0 Å². The van der Waals surface area contributed by atoms with Crippen LogP contribution in [0.25, 0.3) is 0 Å². The van der Waals surface area contributed by atoms with Crippen molar-refractivity contribution in [2.45, 2.75) is 43.9 Å². The fourth-order valence-corrected chi connectivity index (χ4v) is 9.25. The van der Waals surface area contributed by atoms with Crippen molar-refractivity contribution in [3.63, 3.8) is 0 Å². The zero-order valence-corrected chi connectivity index (χ0v) is 31.6. The highest BCUT2D eigenvalue weighted by molar-refractivity contribution is 6.24. The van der Waals surface area contributed by atoms with E-state index in [2.05, 4.69) is 20.2 Å². The second-order valence-corrected chi connectivity index (χ2v) is 16.0. The largest absolute Gasteiger partial charge is 0.457 e. The van der Waals surface area contributed by atoms with Crippen molar-refractivity contribution in [2.75, 3.05) is 44.2 Å². The number of hydrazone groups is 1. The number of ether oxygens (including phenoxy) is 1. The van der Waals surface area contributed by atoms with Crippen LogP contribution in [-0.4, -0.2) is 125 Å². The standard InChI is InChI=1S/C42H42N10O6/c43-37-35-36(24-6-9-30(10-7-24)58-29-4-2-1-3-5-29)47-52(38(35)45-23-44-37)27-14-16-48(17-15-27)42(57)50-21-26(22-50)25-19-49(20-25)28-8-11-31-32(18-28)41(56)51(40(31)55)33-12-13-34(53)46-39(33)54/h1-11,18,23,25-27,33,35,38H,12-17,19-22H2,(H2,43,44,45)(H,46,53,54). The molecule has 0 bridgehead atoms. The first-order valence-corrected chi connectivity index (χ1v) is 19.9. The SMILES string of the molecule is NC1=NC=NC2C1C(c1ccc(Oc3ccccc3)cc1)=NN2C1CCN(C(=O)N2CC(C3CN(c4ccc5c(c4)C(=O)N(C4CCC(=O)NC4=O)C5=O)C3)C2)CC1. The van der Waals surface area contributed by atoms with Gasteiger partial charge in [-0.05, 0) is 79.4 Å². The number of piperidine rings is 2. The number of fused-ring (bicyclic) bond motifs is 2. The Kier molecular flexibility index (Phi) is 8.71. The molecule has 3 aromatic rings. The number of carbonyl (C=O) groups excluding carboxylic acids is 5. The summed E-state index contributed by atoms with van der Waals surface area (Å²) in [5.41, 5.74) is 9.61. The van der Waals surface area contributed by atoms with E-state index in [1.165, 1.54) is 6.34 Å². The minimum absolute atomic E-state index is 0.0709. The summed E-state index contributed by atoms with van der Waals surface area (Å²) in [6.07, 6.45) is 2.96. The van der Waals surface area contributed by atoms with E-state index in [1.54, 1.807) is 12.1 Å². The molecule has 0 aromatic heterocycles. The number of amidine groups is 1. The van der Waals surface area contributed by atoms with Crippen molar-refractivity contribution in [3.8, 4) is 11.5 Å². The number of amides is 6. The first kappa shape index (κ1) is 35.8. The van der Waals surface area contributed by atoms with Crippen LogP contribution in [0.1, 0.15) is 52.0 Å². The van der Waals surface area contributed by atoms with Gasteiger partial charge in [-0.25, -0.2) is 14.8 Å². The molecule has 3 unspecified atom stereocenters. The van der Waals surface area contributed by atoms with Gasteiger partial charge in [0.25, 0.3) is 11.8 Å². The molecule has 7 heterocycles. The molecule has 0 radical (unpaired) electrons. The van der Waals surface area contributed by atoms with E-state index in [0.29, 0.717) is 43.9 Å². The molecule has 16 heteroatoms. The third kappa shape index (κ3) is 6.14. The highest BCUT2D eigenvalue weighted by Gasteiger charge is 2.48. The molecule has 3 atom stereocenters. The van der Waals surface area contributed by atoms with Crippen molar-refractivity contribution in [1.29, 1.82) is 0 Å². The average Bonchev–Trinajstić information content (AvgIpc) is 3.71. The normalized spacial score (nSPS) is 24.9. The van der Waals surface area contributed by atoms with E-state index in [4.69, 9.17) is 20.6 Å². The van der Waals surface area contributed by atoms with Gasteiger partial charge in [0.2, 0.25) is 11.8 Å². The lowest BCUT2D eigenvalue weighted by Gasteiger charge is -2.52. The lowest BCUT2D eigenvalue weighted by atomic mass is 9.80. The van der Waals surface area contributed by atoms with Crippen molar-refractivity contribution < 1.29 is 28.7 Å². The van der Waals surface area contributed by atoms with Gasteiger partial charge in [0, 0.05) is 63.2 Å². The summed E-state index contributed by atoms with van der Waals surface area (Å²) < 4.78 is 5.99. The number of nitrogens with one attached hydrogen (secondary N) is 1. The number of para-hydroxylation sites is 1. The minimum Gasteiger partial charge on any atom is -0.457 e. The molecule has 10 rings (SSSR count). The second kappa shape index (κ2) is 14.1. The van der Waals surface area contributed by atoms with Crippen LogP contribution in [0, 0.1) is 17.8 Å². The molecule has 7 aliphatic rings. The Hall–Kier alpha value is -6.58. The molecule has 0 aliphatic carbocycles. The summed E-state index contributed by atoms with van der Waals surface area (Å²) in [5.74, 6) is 0.464. The van der Waals surface area contributed by atoms with E-state index in [0.717, 1.165) is 59.3 Å². The Balaban J connectivity index is 0.716. The molecule has 58 heavy (non-hydrogen) atoms. The Labute approximate surface area is 334 Å². The summed E-state index contributed by atoms with van der Waals surface area (Å²) in [6.45, 7) is 4.25. The number of carbonyl (C=O) groups is 5. The number of rotatable bonds is 7. The van der Waals surface area contributed by atoms with Crippen molar-refractivity contribution in [1.82, 2.24) is 25.0 Å². The van der Waals surface area contributed by atoms with Gasteiger partial charge in [-0.1, -0.05) is 18.2 Å². The quantitative estimate of drug-likeness (QED) is 0.340. The molecular formula is C42H42N10O6. The third-order valence-electron chi connectivity index (χ3n) is 12.6. The number of urea groups is 1. The number of aliphatic imine (C=N–C) groups is 2. The van der Waals surface area contributed by atoms with Crippen LogP contribution in [-0.2, 0) is 9.59 Å². The molecule has 0 spiro atoms. The summed E-state index contributed by atoms with van der Waals surface area (Å²) in [6, 6.07) is 21.9. The van der Waals surface area contributed by atoms with Gasteiger partial charge in [-0.15, -0.1) is 0 Å². The molecule has 7 aliphatic heterocycles. The third-order valence-corrected chi connectivity index (χ3v) is 12.6. The van der Waals surface area contributed by atoms with Gasteiger partial charge in [0.15, 0.2) is 6.17 Å². The van der Waals surface area contributed by atoms with Crippen LogP contribution in [0.4, 0.5) is 10.5 Å². The van der Waals surface area contributed by atoms with Crippen LogP contribution in [0.15, 0.2) is 87.9 Å². The fraction of sp³-hybridized carbons (Fsp3) is 0.381. The number of anilines is 1. The molecule has 296 valence electrons. The van der Waals surface area contributed by atoms with Crippen LogP contribution >= 0.6 is 0 Å². The van der Waals surface area contributed by atoms with Gasteiger partial charge in [-0.2, -0.15) is 5.10 Å². The molecule has 16 nitrogen and oxygen atoms in total. The monoisotopic (exact) mass is 782 g/mol. The molecule has 4 fully saturated rings. The highest BCUT2D eigenvalue weighted by atomic mass is 16.5. The maximum atomic E-state index is 13.6. The smallest absolute Gasteiger partial charge is 0.320 e. The number of imide groups is 2. The predicted molar refractivity (Wildman–Crippen MR) is 213 cm³/mol. The molecule has 4 saturated heterocycles. The lowest BCUT2D eigenvalue weighted by molar-refractivity contribution is -0.136. The summed E-state index contributed by atoms with van der Waals surface area (Å²) in [5, 5.41) is 9.41. The number of nitrogens with zero attached hydrogens (tertiary/aromatic N) is 8. The number of hydrogen-bond donors (Lipinski definition) is 2.